The quantitative estimate of drug-likeness (QED) is 0.746. The molecule has 0 bridgehead atoms. The number of rotatable bonds is 5. The normalized spacial score (nSPS) is 9.71. The lowest BCUT2D eigenvalue weighted by Gasteiger charge is -2.07. The van der Waals surface area contributed by atoms with Crippen molar-refractivity contribution in [3.05, 3.63) is 35.1 Å². The molecule has 0 heterocycles. The highest BCUT2D eigenvalue weighted by atomic mass is 19.1. The second-order valence-electron chi connectivity index (χ2n) is 3.55. The lowest BCUT2D eigenvalue weighted by atomic mass is 10.1. The predicted molar refractivity (Wildman–Crippen MR) is 61.5 cm³/mol. The van der Waals surface area contributed by atoms with E-state index in [1.807, 2.05) is 0 Å². The number of nitriles is 1. The van der Waals surface area contributed by atoms with Crippen molar-refractivity contribution in [2.24, 2.45) is 0 Å². The summed E-state index contributed by atoms with van der Waals surface area (Å²) < 4.78 is 13.6. The van der Waals surface area contributed by atoms with Gasteiger partial charge in [0, 0.05) is 32.1 Å². The van der Waals surface area contributed by atoms with Gasteiger partial charge in [-0.15, -0.1) is 0 Å². The van der Waals surface area contributed by atoms with E-state index < -0.39 is 5.82 Å². The van der Waals surface area contributed by atoms with Crippen molar-refractivity contribution in [1.82, 2.24) is 10.6 Å². The molecule has 1 aromatic rings. The van der Waals surface area contributed by atoms with E-state index in [2.05, 4.69) is 10.6 Å². The maximum Gasteiger partial charge on any atom is 0.216 e. The van der Waals surface area contributed by atoms with E-state index in [1.54, 1.807) is 18.2 Å². The molecule has 0 aliphatic carbocycles. The third-order valence-electron chi connectivity index (χ3n) is 2.19. The number of halogens is 1. The van der Waals surface area contributed by atoms with Crippen LogP contribution in [0.2, 0.25) is 0 Å². The van der Waals surface area contributed by atoms with Gasteiger partial charge in [0.2, 0.25) is 5.91 Å². The molecule has 1 aromatic carbocycles. The molecule has 1 rings (SSSR count). The summed E-state index contributed by atoms with van der Waals surface area (Å²) in [7, 11) is 0. The predicted octanol–water partition coefficient (Wildman–Crippen LogP) is 0.923. The molecular weight excluding hydrogens is 221 g/mol. The van der Waals surface area contributed by atoms with Crippen LogP contribution in [-0.2, 0) is 11.3 Å². The monoisotopic (exact) mass is 235 g/mol. The van der Waals surface area contributed by atoms with Crippen molar-refractivity contribution in [1.29, 1.82) is 5.26 Å². The maximum absolute atomic E-state index is 13.6. The summed E-state index contributed by atoms with van der Waals surface area (Å²) in [5.41, 5.74) is 0.498. The minimum absolute atomic E-state index is 0.0474. The fourth-order valence-corrected chi connectivity index (χ4v) is 1.35. The second-order valence-corrected chi connectivity index (χ2v) is 3.55. The lowest BCUT2D eigenvalue weighted by molar-refractivity contribution is -0.118. The lowest BCUT2D eigenvalue weighted by Crippen LogP contribution is -2.30. The van der Waals surface area contributed by atoms with Gasteiger partial charge in [-0.2, -0.15) is 5.26 Å². The van der Waals surface area contributed by atoms with Crippen LogP contribution in [0.3, 0.4) is 0 Å². The molecule has 0 atom stereocenters. The van der Waals surface area contributed by atoms with Crippen molar-refractivity contribution < 1.29 is 9.18 Å². The zero-order valence-corrected chi connectivity index (χ0v) is 9.59. The first kappa shape index (κ1) is 13.1. The van der Waals surface area contributed by atoms with E-state index in [4.69, 9.17) is 5.26 Å². The van der Waals surface area contributed by atoms with Crippen molar-refractivity contribution in [3.63, 3.8) is 0 Å². The Kier molecular flexibility index (Phi) is 5.11. The molecule has 0 saturated carbocycles. The van der Waals surface area contributed by atoms with Crippen LogP contribution in [0.5, 0.6) is 0 Å². The first-order chi connectivity index (χ1) is 8.15. The van der Waals surface area contributed by atoms with Gasteiger partial charge in [0.15, 0.2) is 0 Å². The van der Waals surface area contributed by atoms with Gasteiger partial charge in [-0.3, -0.25) is 4.79 Å². The number of hydrogen-bond acceptors (Lipinski definition) is 3. The first-order valence-corrected chi connectivity index (χ1v) is 5.27. The Bertz CT molecular complexity index is 440. The van der Waals surface area contributed by atoms with Gasteiger partial charge < -0.3 is 10.6 Å². The summed E-state index contributed by atoms with van der Waals surface area (Å²) in [6, 6.07) is 6.50. The molecule has 4 nitrogen and oxygen atoms in total. The molecule has 0 aliphatic rings. The summed E-state index contributed by atoms with van der Waals surface area (Å²) in [4.78, 5) is 10.6. The van der Waals surface area contributed by atoms with Gasteiger partial charge in [-0.1, -0.05) is 12.1 Å². The second kappa shape index (κ2) is 6.61. The number of hydrogen-bond donors (Lipinski definition) is 2. The van der Waals surface area contributed by atoms with Crippen molar-refractivity contribution in [2.45, 2.75) is 13.5 Å². The molecule has 5 heteroatoms. The van der Waals surface area contributed by atoms with Crippen LogP contribution in [-0.4, -0.2) is 19.0 Å². The summed E-state index contributed by atoms with van der Waals surface area (Å²) in [6.45, 7) is 2.82. The molecule has 1 amide bonds. The SMILES string of the molecule is CC(=O)NCCNCc1cccc(C#N)c1F. The van der Waals surface area contributed by atoms with E-state index in [0.717, 1.165) is 0 Å². The van der Waals surface area contributed by atoms with Crippen molar-refractivity contribution >= 4 is 5.91 Å². The minimum Gasteiger partial charge on any atom is -0.355 e. The summed E-state index contributed by atoms with van der Waals surface area (Å²) in [6.07, 6.45) is 0. The number of carbonyl (C=O) groups is 1. The average molecular weight is 235 g/mol. The highest BCUT2D eigenvalue weighted by Gasteiger charge is 2.06. The fourth-order valence-electron chi connectivity index (χ4n) is 1.35. The van der Waals surface area contributed by atoms with Crippen molar-refractivity contribution in [2.75, 3.05) is 13.1 Å². The number of carbonyl (C=O) groups excluding carboxylic acids is 1. The third-order valence-corrected chi connectivity index (χ3v) is 2.19. The number of benzene rings is 1. The minimum atomic E-state index is -0.484. The fraction of sp³-hybridized carbons (Fsp3) is 0.333. The molecule has 0 unspecified atom stereocenters. The summed E-state index contributed by atoms with van der Waals surface area (Å²) in [5, 5.41) is 14.3. The Morgan fingerprint density at radius 2 is 2.24 bits per heavy atom. The zero-order chi connectivity index (χ0) is 12.7. The Morgan fingerprint density at radius 1 is 1.47 bits per heavy atom. The molecule has 0 fully saturated rings. The maximum atomic E-state index is 13.6. The summed E-state index contributed by atoms with van der Waals surface area (Å²) in [5.74, 6) is -0.577. The average Bonchev–Trinajstić information content (AvgIpc) is 2.30. The highest BCUT2D eigenvalue weighted by molar-refractivity contribution is 5.72. The summed E-state index contributed by atoms with van der Waals surface area (Å²) >= 11 is 0. The van der Waals surface area contributed by atoms with Gasteiger partial charge in [-0.25, -0.2) is 4.39 Å². The number of amides is 1. The third kappa shape index (κ3) is 4.21. The Hall–Kier alpha value is -1.93. The van der Waals surface area contributed by atoms with Crippen LogP contribution in [0.15, 0.2) is 18.2 Å². The van der Waals surface area contributed by atoms with Gasteiger partial charge in [0.05, 0.1) is 5.56 Å². The standard InChI is InChI=1S/C12H14FN3O/c1-9(17)16-6-5-15-8-11-4-2-3-10(7-14)12(11)13/h2-4,15H,5-6,8H2,1H3,(H,16,17). The van der Waals surface area contributed by atoms with E-state index in [9.17, 15) is 9.18 Å². The topological polar surface area (TPSA) is 64.9 Å². The molecule has 0 saturated heterocycles. The van der Waals surface area contributed by atoms with E-state index in [1.165, 1.54) is 13.0 Å². The smallest absolute Gasteiger partial charge is 0.216 e. The highest BCUT2D eigenvalue weighted by Crippen LogP contribution is 2.11. The Balaban J connectivity index is 2.42. The Morgan fingerprint density at radius 3 is 2.88 bits per heavy atom. The van der Waals surface area contributed by atoms with Crippen LogP contribution in [0.25, 0.3) is 0 Å². The largest absolute Gasteiger partial charge is 0.355 e. The Labute approximate surface area is 99.4 Å². The molecule has 17 heavy (non-hydrogen) atoms. The van der Waals surface area contributed by atoms with E-state index in [0.29, 0.717) is 25.2 Å². The van der Waals surface area contributed by atoms with Gasteiger partial charge in [0.25, 0.3) is 0 Å². The van der Waals surface area contributed by atoms with Crippen LogP contribution in [0, 0.1) is 17.1 Å². The molecule has 0 radical (unpaired) electrons. The molecule has 0 aliphatic heterocycles. The van der Waals surface area contributed by atoms with Gasteiger partial charge in [-0.05, 0) is 6.07 Å². The zero-order valence-electron chi connectivity index (χ0n) is 9.59. The van der Waals surface area contributed by atoms with Crippen LogP contribution in [0.4, 0.5) is 4.39 Å². The van der Waals surface area contributed by atoms with Crippen molar-refractivity contribution in [3.8, 4) is 6.07 Å². The first-order valence-electron chi connectivity index (χ1n) is 5.27. The molecule has 2 N–H and O–H groups in total. The van der Waals surface area contributed by atoms with Gasteiger partial charge in [0.1, 0.15) is 11.9 Å². The molecule has 90 valence electrons. The van der Waals surface area contributed by atoms with Gasteiger partial charge >= 0.3 is 0 Å². The van der Waals surface area contributed by atoms with Crippen LogP contribution >= 0.6 is 0 Å². The van der Waals surface area contributed by atoms with Crippen LogP contribution < -0.4 is 10.6 Å². The number of nitrogens with one attached hydrogen (secondary N) is 2. The molecule has 0 aromatic heterocycles. The molecule has 0 spiro atoms. The van der Waals surface area contributed by atoms with E-state index >= 15 is 0 Å². The van der Waals surface area contributed by atoms with E-state index in [-0.39, 0.29) is 11.5 Å². The molecular formula is C12H14FN3O. The number of nitrogens with zero attached hydrogens (tertiary/aromatic N) is 1. The van der Waals surface area contributed by atoms with Crippen LogP contribution in [0.1, 0.15) is 18.1 Å².